The number of nitrogens with two attached hydrogens (primary N) is 2. The van der Waals surface area contributed by atoms with Crippen LogP contribution in [0, 0.1) is 5.41 Å². The highest BCUT2D eigenvalue weighted by Crippen LogP contribution is 2.45. The molecule has 34 heavy (non-hydrogen) atoms. The van der Waals surface area contributed by atoms with Crippen LogP contribution in [-0.2, 0) is 4.74 Å². The summed E-state index contributed by atoms with van der Waals surface area (Å²) in [5.41, 5.74) is 11.9. The summed E-state index contributed by atoms with van der Waals surface area (Å²) < 4.78 is 5.83. The molecule has 1 aromatic carbocycles. The summed E-state index contributed by atoms with van der Waals surface area (Å²) in [6, 6.07) is 5.26. The van der Waals surface area contributed by atoms with Gasteiger partial charge in [0.05, 0.1) is 36.2 Å². The minimum Gasteiger partial charge on any atom is -0.465 e. The summed E-state index contributed by atoms with van der Waals surface area (Å²) in [6.07, 6.45) is 2.41. The van der Waals surface area contributed by atoms with Crippen LogP contribution in [0.5, 0.6) is 0 Å². The molecule has 184 valence electrons. The number of carboxylic acid groups (broad SMARTS) is 1. The fourth-order valence-electron chi connectivity index (χ4n) is 4.87. The van der Waals surface area contributed by atoms with Gasteiger partial charge in [-0.2, -0.15) is 0 Å². The van der Waals surface area contributed by atoms with Crippen LogP contribution in [0.15, 0.2) is 34.3 Å². The monoisotopic (exact) mass is 506 g/mol. The van der Waals surface area contributed by atoms with Crippen LogP contribution < -0.4 is 16.4 Å². The van der Waals surface area contributed by atoms with Gasteiger partial charge < -0.3 is 26.2 Å². The van der Waals surface area contributed by atoms with Crippen molar-refractivity contribution >= 4 is 46.8 Å². The van der Waals surface area contributed by atoms with Gasteiger partial charge in [0.25, 0.3) is 0 Å². The maximum absolute atomic E-state index is 12.1. The van der Waals surface area contributed by atoms with E-state index in [0.717, 1.165) is 30.8 Å². The maximum Gasteiger partial charge on any atom is 0.408 e. The van der Waals surface area contributed by atoms with E-state index in [1.807, 2.05) is 32.9 Å². The van der Waals surface area contributed by atoms with Crippen molar-refractivity contribution in [3.05, 3.63) is 29.4 Å². The van der Waals surface area contributed by atoms with E-state index >= 15 is 0 Å². The standard InChI is InChI=1S/C23H31ClN6O3S/c1-22(2,3)30(21(31)32)16-12-33-13-23(16)7-9-29(10-8-23)17-11-27-20(19(26)28-17)34-15-6-4-5-14(25)18(15)24/h4-6,11,16H,7-10,12-13,25H2,1-3H3,(H2,26,28)(H,31,32)/t16-/m1/s1. The molecule has 9 nitrogen and oxygen atoms in total. The molecule has 1 atom stereocenters. The van der Waals surface area contributed by atoms with Crippen LogP contribution in [0.3, 0.4) is 0 Å². The third-order valence-corrected chi connectivity index (χ3v) is 8.25. The van der Waals surface area contributed by atoms with E-state index in [1.165, 1.54) is 11.8 Å². The van der Waals surface area contributed by atoms with Crippen molar-refractivity contribution in [2.75, 3.05) is 42.7 Å². The second-order valence-electron chi connectivity index (χ2n) is 9.88. The van der Waals surface area contributed by atoms with Gasteiger partial charge >= 0.3 is 6.09 Å². The van der Waals surface area contributed by atoms with E-state index < -0.39 is 11.6 Å². The van der Waals surface area contributed by atoms with Crippen molar-refractivity contribution in [1.82, 2.24) is 14.9 Å². The molecule has 1 spiro atoms. The van der Waals surface area contributed by atoms with Crippen molar-refractivity contribution in [3.63, 3.8) is 0 Å². The number of hydrogen-bond acceptors (Lipinski definition) is 8. The first kappa shape index (κ1) is 24.7. The number of benzene rings is 1. The predicted octanol–water partition coefficient (Wildman–Crippen LogP) is 4.21. The highest BCUT2D eigenvalue weighted by Gasteiger charge is 2.52. The molecule has 5 N–H and O–H groups in total. The molecule has 2 aromatic rings. The van der Waals surface area contributed by atoms with Gasteiger partial charge in [0, 0.05) is 28.9 Å². The molecule has 0 radical (unpaired) electrons. The number of nitrogen functional groups attached to an aromatic ring is 2. The Labute approximate surface area is 208 Å². The number of ether oxygens (including phenoxy) is 1. The lowest BCUT2D eigenvalue weighted by molar-refractivity contribution is 0.0233. The van der Waals surface area contributed by atoms with Crippen molar-refractivity contribution < 1.29 is 14.6 Å². The van der Waals surface area contributed by atoms with Crippen LogP contribution in [0.25, 0.3) is 0 Å². The topological polar surface area (TPSA) is 131 Å². The van der Waals surface area contributed by atoms with E-state index in [9.17, 15) is 9.90 Å². The van der Waals surface area contributed by atoms with Gasteiger partial charge in [0.15, 0.2) is 5.82 Å². The van der Waals surface area contributed by atoms with E-state index in [4.69, 9.17) is 27.8 Å². The SMILES string of the molecule is CC(C)(C)N(C(=O)O)[C@@H]1COCC12CCN(c1cnc(Sc3cccc(N)c3Cl)c(N)n1)CC2. The molecule has 4 rings (SSSR count). The summed E-state index contributed by atoms with van der Waals surface area (Å²) in [5.74, 6) is 1.03. The van der Waals surface area contributed by atoms with Gasteiger partial charge in [0.1, 0.15) is 10.8 Å². The zero-order chi connectivity index (χ0) is 24.7. The first-order chi connectivity index (χ1) is 16.0. The molecule has 1 amide bonds. The molecule has 2 saturated heterocycles. The van der Waals surface area contributed by atoms with Crippen molar-refractivity contribution in [2.45, 2.75) is 55.1 Å². The quantitative estimate of drug-likeness (QED) is 0.521. The van der Waals surface area contributed by atoms with E-state index in [-0.39, 0.29) is 11.5 Å². The minimum absolute atomic E-state index is 0.176. The predicted molar refractivity (Wildman–Crippen MR) is 135 cm³/mol. The zero-order valence-electron chi connectivity index (χ0n) is 19.6. The average Bonchev–Trinajstić information content (AvgIpc) is 3.14. The Morgan fingerprint density at radius 1 is 1.32 bits per heavy atom. The third-order valence-electron chi connectivity index (χ3n) is 6.65. The normalized spacial score (nSPS) is 20.0. The number of rotatable bonds is 4. The molecule has 2 fully saturated rings. The van der Waals surface area contributed by atoms with Crippen molar-refractivity contribution in [2.24, 2.45) is 5.41 Å². The fraction of sp³-hybridized carbons (Fsp3) is 0.522. The summed E-state index contributed by atoms with van der Waals surface area (Å²) in [4.78, 5) is 25.7. The molecular weight excluding hydrogens is 476 g/mol. The zero-order valence-corrected chi connectivity index (χ0v) is 21.2. The molecule has 0 aliphatic carbocycles. The minimum atomic E-state index is -0.906. The smallest absolute Gasteiger partial charge is 0.408 e. The summed E-state index contributed by atoms with van der Waals surface area (Å²) in [6.45, 7) is 8.22. The largest absolute Gasteiger partial charge is 0.465 e. The summed E-state index contributed by atoms with van der Waals surface area (Å²) in [5, 5.41) is 11.0. The van der Waals surface area contributed by atoms with Crippen LogP contribution in [0.1, 0.15) is 33.6 Å². The van der Waals surface area contributed by atoms with E-state index in [1.54, 1.807) is 17.2 Å². The Hall–Kier alpha value is -2.43. The number of carbonyl (C=O) groups is 1. The van der Waals surface area contributed by atoms with E-state index in [0.29, 0.717) is 40.6 Å². The number of anilines is 3. The first-order valence-electron chi connectivity index (χ1n) is 11.2. The summed E-state index contributed by atoms with van der Waals surface area (Å²) >= 11 is 7.62. The molecule has 2 aliphatic heterocycles. The molecule has 1 aromatic heterocycles. The lowest BCUT2D eigenvalue weighted by Crippen LogP contribution is -2.59. The number of hydrogen-bond donors (Lipinski definition) is 3. The second-order valence-corrected chi connectivity index (χ2v) is 11.3. The van der Waals surface area contributed by atoms with Crippen molar-refractivity contribution in [3.8, 4) is 0 Å². The van der Waals surface area contributed by atoms with Gasteiger partial charge in [-0.1, -0.05) is 29.4 Å². The third kappa shape index (κ3) is 4.71. The average molecular weight is 507 g/mol. The lowest BCUT2D eigenvalue weighted by Gasteiger charge is -2.48. The Kier molecular flexibility index (Phi) is 6.76. The van der Waals surface area contributed by atoms with E-state index in [2.05, 4.69) is 14.9 Å². The maximum atomic E-state index is 12.1. The molecule has 11 heteroatoms. The van der Waals surface area contributed by atoms with Crippen LogP contribution in [0.4, 0.5) is 22.1 Å². The van der Waals surface area contributed by atoms with Gasteiger partial charge in [0.2, 0.25) is 0 Å². The van der Waals surface area contributed by atoms with Gasteiger partial charge in [-0.25, -0.2) is 14.8 Å². The Bertz CT molecular complexity index is 1070. The molecule has 2 aliphatic rings. The Morgan fingerprint density at radius 3 is 2.65 bits per heavy atom. The van der Waals surface area contributed by atoms with Crippen LogP contribution >= 0.6 is 23.4 Å². The van der Waals surface area contributed by atoms with Crippen LogP contribution in [0.2, 0.25) is 5.02 Å². The molecule has 0 unspecified atom stereocenters. The van der Waals surface area contributed by atoms with Gasteiger partial charge in [-0.05, 0) is 45.7 Å². The molecular formula is C23H31ClN6O3S. The number of halogens is 1. The lowest BCUT2D eigenvalue weighted by atomic mass is 9.73. The highest BCUT2D eigenvalue weighted by atomic mass is 35.5. The number of amides is 1. The highest BCUT2D eigenvalue weighted by molar-refractivity contribution is 7.99. The molecule has 3 heterocycles. The number of aromatic nitrogens is 2. The summed E-state index contributed by atoms with van der Waals surface area (Å²) in [7, 11) is 0. The fourth-order valence-corrected chi connectivity index (χ4v) is 5.93. The second kappa shape index (κ2) is 9.31. The van der Waals surface area contributed by atoms with Gasteiger partial charge in [-0.15, -0.1) is 0 Å². The number of piperidine rings is 1. The molecule has 0 saturated carbocycles. The molecule has 0 bridgehead atoms. The first-order valence-corrected chi connectivity index (χ1v) is 12.4. The van der Waals surface area contributed by atoms with Gasteiger partial charge in [-0.3, -0.25) is 4.90 Å². The Morgan fingerprint density at radius 2 is 2.03 bits per heavy atom. The number of nitrogens with zero attached hydrogens (tertiary/aromatic N) is 4. The van der Waals surface area contributed by atoms with Crippen LogP contribution in [-0.4, -0.2) is 64.0 Å². The van der Waals surface area contributed by atoms with Crippen molar-refractivity contribution in [1.29, 1.82) is 0 Å². The Balaban J connectivity index is 1.47.